The lowest BCUT2D eigenvalue weighted by Crippen LogP contribution is -2.62. The van der Waals surface area contributed by atoms with Crippen LogP contribution in [0.2, 0.25) is 0 Å². The largest absolute Gasteiger partial charge is 0.500 e. The summed E-state index contributed by atoms with van der Waals surface area (Å²) in [6.45, 7) is 0. The number of fused-ring (bicyclic) bond motifs is 2. The van der Waals surface area contributed by atoms with Crippen molar-refractivity contribution in [2.24, 2.45) is 11.8 Å². The van der Waals surface area contributed by atoms with Gasteiger partial charge >= 0.3 is 0 Å². The van der Waals surface area contributed by atoms with Crippen LogP contribution in [0.5, 0.6) is 11.5 Å². The molecule has 0 radical (unpaired) electrons. The van der Waals surface area contributed by atoms with Gasteiger partial charge in [-0.25, -0.2) is 0 Å². The highest BCUT2D eigenvalue weighted by Crippen LogP contribution is 2.54. The molecule has 0 saturated heterocycles. The van der Waals surface area contributed by atoms with Gasteiger partial charge in [0.15, 0.2) is 23.1 Å². The topological polar surface area (TPSA) is 83.5 Å². The third kappa shape index (κ3) is 2.90. The number of carbonyl (C=O) groups excluding carboxylic acids is 1. The molecule has 0 amide bonds. The van der Waals surface area contributed by atoms with Crippen LogP contribution in [0.15, 0.2) is 30.0 Å². The van der Waals surface area contributed by atoms with E-state index in [0.717, 1.165) is 5.56 Å². The summed E-state index contributed by atoms with van der Waals surface area (Å²) in [5.74, 6) is -1.48. The molecule has 1 saturated carbocycles. The van der Waals surface area contributed by atoms with Crippen LogP contribution in [-0.2, 0) is 19.0 Å². The molecule has 1 fully saturated rings. The van der Waals surface area contributed by atoms with Crippen LogP contribution in [0.3, 0.4) is 0 Å². The molecule has 7 heteroatoms. The van der Waals surface area contributed by atoms with Crippen LogP contribution in [0.25, 0.3) is 0 Å². The first kappa shape index (κ1) is 19.7. The molecule has 0 aromatic heterocycles. The molecule has 0 spiro atoms. The molecule has 27 heavy (non-hydrogen) atoms. The third-order valence-electron chi connectivity index (χ3n) is 5.77. The molecular formula is C20H26O7. The second-order valence-corrected chi connectivity index (χ2v) is 6.76. The van der Waals surface area contributed by atoms with E-state index in [4.69, 9.17) is 23.7 Å². The molecule has 0 unspecified atom stereocenters. The Morgan fingerprint density at radius 1 is 1.00 bits per heavy atom. The van der Waals surface area contributed by atoms with E-state index in [-0.39, 0.29) is 11.7 Å². The van der Waals surface area contributed by atoms with Gasteiger partial charge < -0.3 is 28.8 Å². The van der Waals surface area contributed by atoms with Crippen molar-refractivity contribution < 1.29 is 33.6 Å². The molecule has 4 atom stereocenters. The molecule has 1 aromatic rings. The van der Waals surface area contributed by atoms with Gasteiger partial charge in [-0.05, 0) is 24.1 Å². The number of rotatable bonds is 6. The minimum absolute atomic E-state index is 0.203. The SMILES string of the molecule is COC1=CC(=O)[C@@H]2[C@H](c3ccc(OC)c(OC)c3)[C@@H](O)C[C@H]1C2(OC)OC. The van der Waals surface area contributed by atoms with Gasteiger partial charge in [-0.15, -0.1) is 0 Å². The Kier molecular flexibility index (Phi) is 5.46. The van der Waals surface area contributed by atoms with Crippen LogP contribution in [0.1, 0.15) is 17.9 Å². The number of hydrogen-bond acceptors (Lipinski definition) is 7. The van der Waals surface area contributed by atoms with E-state index in [0.29, 0.717) is 23.7 Å². The molecule has 7 nitrogen and oxygen atoms in total. The lowest BCUT2D eigenvalue weighted by molar-refractivity contribution is -0.290. The number of hydrogen-bond donors (Lipinski definition) is 1. The minimum Gasteiger partial charge on any atom is -0.500 e. The zero-order chi connectivity index (χ0) is 19.8. The van der Waals surface area contributed by atoms with Gasteiger partial charge in [-0.1, -0.05) is 6.07 Å². The van der Waals surface area contributed by atoms with Crippen molar-refractivity contribution >= 4 is 5.78 Å². The van der Waals surface area contributed by atoms with Crippen LogP contribution >= 0.6 is 0 Å². The zero-order valence-corrected chi connectivity index (χ0v) is 16.2. The van der Waals surface area contributed by atoms with E-state index in [1.165, 1.54) is 27.4 Å². The minimum atomic E-state index is -1.21. The second-order valence-electron chi connectivity index (χ2n) is 6.76. The fraction of sp³-hybridized carbons (Fsp3) is 0.550. The van der Waals surface area contributed by atoms with Crippen LogP contribution in [0, 0.1) is 11.8 Å². The first-order valence-corrected chi connectivity index (χ1v) is 8.77. The summed E-state index contributed by atoms with van der Waals surface area (Å²) in [7, 11) is 7.63. The smallest absolute Gasteiger partial charge is 0.188 e. The highest BCUT2D eigenvalue weighted by molar-refractivity contribution is 5.95. The predicted molar refractivity (Wildman–Crippen MR) is 96.7 cm³/mol. The third-order valence-corrected chi connectivity index (χ3v) is 5.77. The van der Waals surface area contributed by atoms with E-state index in [1.54, 1.807) is 26.4 Å². The van der Waals surface area contributed by atoms with Crippen molar-refractivity contribution in [2.45, 2.75) is 24.2 Å². The second kappa shape index (κ2) is 7.50. The number of benzene rings is 1. The van der Waals surface area contributed by atoms with E-state index in [9.17, 15) is 9.90 Å². The lowest BCUT2D eigenvalue weighted by atomic mass is 9.60. The average Bonchev–Trinajstić information content (AvgIpc) is 2.70. The Morgan fingerprint density at radius 3 is 2.22 bits per heavy atom. The highest BCUT2D eigenvalue weighted by Gasteiger charge is 2.62. The van der Waals surface area contributed by atoms with Gasteiger partial charge in [0.25, 0.3) is 0 Å². The molecule has 3 rings (SSSR count). The monoisotopic (exact) mass is 378 g/mol. The van der Waals surface area contributed by atoms with E-state index in [1.807, 2.05) is 6.07 Å². The number of allylic oxidation sites excluding steroid dienone is 1. The summed E-state index contributed by atoms with van der Waals surface area (Å²) in [5, 5.41) is 11.0. The summed E-state index contributed by atoms with van der Waals surface area (Å²) >= 11 is 0. The Hall–Kier alpha value is -2.09. The van der Waals surface area contributed by atoms with Crippen molar-refractivity contribution in [2.75, 3.05) is 35.5 Å². The molecule has 2 bridgehead atoms. The van der Waals surface area contributed by atoms with E-state index < -0.39 is 23.7 Å². The maximum absolute atomic E-state index is 13.0. The first-order chi connectivity index (χ1) is 13.0. The van der Waals surface area contributed by atoms with Crippen LogP contribution < -0.4 is 9.47 Å². The van der Waals surface area contributed by atoms with Crippen molar-refractivity contribution in [3.63, 3.8) is 0 Å². The summed E-state index contributed by atoms with van der Waals surface area (Å²) in [6.07, 6.45) is 1.05. The molecule has 0 heterocycles. The Morgan fingerprint density at radius 2 is 1.67 bits per heavy atom. The quantitative estimate of drug-likeness (QED) is 0.757. The van der Waals surface area contributed by atoms with Gasteiger partial charge in [-0.3, -0.25) is 4.79 Å². The Labute approximate surface area is 158 Å². The van der Waals surface area contributed by atoms with Gasteiger partial charge in [0, 0.05) is 26.2 Å². The fourth-order valence-electron chi connectivity index (χ4n) is 4.56. The first-order valence-electron chi connectivity index (χ1n) is 8.77. The maximum atomic E-state index is 13.0. The standard InChI is InChI=1S/C20H26O7/c1-23-15-7-6-11(8-17(15)25-3)18-13(21)9-12-16(24-2)10-14(22)19(18)20(12,26-4)27-5/h6-8,10,12-13,18-19,21H,9H2,1-5H3/t12-,13+,18-,19-/m1/s1. The number of carbonyl (C=O) groups is 1. The van der Waals surface area contributed by atoms with Crippen LogP contribution in [-0.4, -0.2) is 58.3 Å². The number of ketones is 1. The number of methoxy groups -OCH3 is 5. The molecule has 2 aliphatic rings. The maximum Gasteiger partial charge on any atom is 0.188 e. The van der Waals surface area contributed by atoms with Crippen molar-refractivity contribution in [1.82, 2.24) is 0 Å². The van der Waals surface area contributed by atoms with Gasteiger partial charge in [-0.2, -0.15) is 0 Å². The average molecular weight is 378 g/mol. The summed E-state index contributed by atoms with van der Waals surface area (Å²) < 4.78 is 27.6. The van der Waals surface area contributed by atoms with Crippen molar-refractivity contribution in [1.29, 1.82) is 0 Å². The van der Waals surface area contributed by atoms with Crippen molar-refractivity contribution in [3.05, 3.63) is 35.6 Å². The van der Waals surface area contributed by atoms with E-state index >= 15 is 0 Å². The summed E-state index contributed by atoms with van der Waals surface area (Å²) in [5.41, 5.74) is 0.754. The Bertz CT molecular complexity index is 738. The number of ether oxygens (including phenoxy) is 5. The predicted octanol–water partition coefficient (Wildman–Crippen LogP) is 1.89. The normalized spacial score (nSPS) is 29.1. The van der Waals surface area contributed by atoms with Crippen molar-refractivity contribution in [3.8, 4) is 11.5 Å². The zero-order valence-electron chi connectivity index (χ0n) is 16.2. The number of aliphatic hydroxyl groups is 1. The fourth-order valence-corrected chi connectivity index (χ4v) is 4.56. The number of aliphatic hydroxyl groups excluding tert-OH is 1. The van der Waals surface area contributed by atoms with Gasteiger partial charge in [0.2, 0.25) is 0 Å². The lowest BCUT2D eigenvalue weighted by Gasteiger charge is -2.53. The van der Waals surface area contributed by atoms with Crippen LogP contribution in [0.4, 0.5) is 0 Å². The van der Waals surface area contributed by atoms with E-state index in [2.05, 4.69) is 0 Å². The molecule has 148 valence electrons. The van der Waals surface area contributed by atoms with Gasteiger partial charge in [0.05, 0.1) is 39.3 Å². The summed E-state index contributed by atoms with van der Waals surface area (Å²) in [4.78, 5) is 13.0. The highest BCUT2D eigenvalue weighted by atomic mass is 16.7. The summed E-state index contributed by atoms with van der Waals surface area (Å²) in [6, 6.07) is 5.37. The van der Waals surface area contributed by atoms with Gasteiger partial charge in [0.1, 0.15) is 5.76 Å². The molecule has 0 aliphatic heterocycles. The molecule has 2 aliphatic carbocycles. The molecular weight excluding hydrogens is 352 g/mol. The molecule has 1 aromatic carbocycles. The Balaban J connectivity index is 2.15. The molecule has 1 N–H and O–H groups in total.